The Morgan fingerprint density at radius 2 is 1.76 bits per heavy atom. The topological polar surface area (TPSA) is 55.4 Å². The number of carbonyl (C=O) groups excluding carboxylic acids is 2. The van der Waals surface area contributed by atoms with Crippen molar-refractivity contribution in [1.82, 2.24) is 5.32 Å². The highest BCUT2D eigenvalue weighted by Crippen LogP contribution is 2.17. The highest BCUT2D eigenvalue weighted by Gasteiger charge is 2.07. The summed E-state index contributed by atoms with van der Waals surface area (Å²) in [5.74, 6) is 0.155. The fourth-order valence-corrected chi connectivity index (χ4v) is 2.92. The van der Waals surface area contributed by atoms with Gasteiger partial charge in [-0.1, -0.05) is 48.0 Å². The average Bonchev–Trinajstić information content (AvgIpc) is 2.64. The maximum Gasteiger partial charge on any atom is 0.306 e. The summed E-state index contributed by atoms with van der Waals surface area (Å²) in [6.45, 7) is 2.37. The Morgan fingerprint density at radius 3 is 2.48 bits per heavy atom. The second-order valence-electron chi connectivity index (χ2n) is 5.66. The third kappa shape index (κ3) is 7.90. The normalized spacial score (nSPS) is 10.3. The van der Waals surface area contributed by atoms with Crippen molar-refractivity contribution in [1.29, 1.82) is 0 Å². The van der Waals surface area contributed by atoms with Crippen molar-refractivity contribution in [2.75, 3.05) is 18.9 Å². The molecule has 0 aliphatic heterocycles. The lowest BCUT2D eigenvalue weighted by Crippen LogP contribution is -2.30. The van der Waals surface area contributed by atoms with Crippen molar-refractivity contribution in [3.05, 3.63) is 65.7 Å². The second-order valence-corrected chi connectivity index (χ2v) is 6.83. The molecule has 0 saturated carbocycles. The summed E-state index contributed by atoms with van der Waals surface area (Å²) in [7, 11) is 0. The van der Waals surface area contributed by atoms with Gasteiger partial charge in [-0.15, -0.1) is 11.8 Å². The summed E-state index contributed by atoms with van der Waals surface area (Å²) in [5.41, 5.74) is 2.31. The summed E-state index contributed by atoms with van der Waals surface area (Å²) in [6, 6.07) is 18.0. The first kappa shape index (κ1) is 19.1. The lowest BCUT2D eigenvalue weighted by Gasteiger charge is -2.07. The fraction of sp³-hybridized carbons (Fsp3) is 0.300. The number of rotatable bonds is 9. The molecule has 0 heterocycles. The molecule has 1 N–H and O–H groups in total. The van der Waals surface area contributed by atoms with E-state index in [4.69, 9.17) is 4.74 Å². The van der Waals surface area contributed by atoms with Gasteiger partial charge >= 0.3 is 5.97 Å². The van der Waals surface area contributed by atoms with E-state index in [1.807, 2.05) is 30.3 Å². The molecule has 1 amide bonds. The van der Waals surface area contributed by atoms with E-state index in [0.717, 1.165) is 11.3 Å². The molecular formula is C20H23NO3S. The number of hydrogen-bond acceptors (Lipinski definition) is 4. The van der Waals surface area contributed by atoms with E-state index in [2.05, 4.69) is 36.5 Å². The summed E-state index contributed by atoms with van der Waals surface area (Å²) in [6.07, 6.45) is 0.898. The molecule has 0 radical (unpaired) electrons. The van der Waals surface area contributed by atoms with Crippen molar-refractivity contribution in [2.24, 2.45) is 0 Å². The zero-order chi connectivity index (χ0) is 17.9. The molecule has 2 aromatic rings. The number of nitrogens with one attached hydrogen (secondary N) is 1. The Morgan fingerprint density at radius 1 is 1.04 bits per heavy atom. The zero-order valence-corrected chi connectivity index (χ0v) is 15.2. The van der Waals surface area contributed by atoms with Crippen molar-refractivity contribution < 1.29 is 14.3 Å². The van der Waals surface area contributed by atoms with Gasteiger partial charge in [0.15, 0.2) is 6.61 Å². The van der Waals surface area contributed by atoms with Gasteiger partial charge in [0.2, 0.25) is 0 Å². The van der Waals surface area contributed by atoms with Crippen LogP contribution in [0.5, 0.6) is 0 Å². The minimum absolute atomic E-state index is 0.219. The minimum Gasteiger partial charge on any atom is -0.456 e. The molecule has 0 atom stereocenters. The van der Waals surface area contributed by atoms with Gasteiger partial charge in [0.25, 0.3) is 5.91 Å². The lowest BCUT2D eigenvalue weighted by molar-refractivity contribution is -0.148. The van der Waals surface area contributed by atoms with Gasteiger partial charge in [0.1, 0.15) is 0 Å². The monoisotopic (exact) mass is 357 g/mol. The van der Waals surface area contributed by atoms with Gasteiger partial charge < -0.3 is 10.1 Å². The van der Waals surface area contributed by atoms with Crippen LogP contribution in [0, 0.1) is 6.92 Å². The van der Waals surface area contributed by atoms with Gasteiger partial charge in [-0.05, 0) is 31.0 Å². The molecule has 0 fully saturated rings. The molecule has 2 rings (SSSR count). The van der Waals surface area contributed by atoms with Crippen LogP contribution in [0.3, 0.4) is 0 Å². The van der Waals surface area contributed by atoms with Crippen LogP contribution in [0.2, 0.25) is 0 Å². The van der Waals surface area contributed by atoms with Crippen molar-refractivity contribution in [3.63, 3.8) is 0 Å². The van der Waals surface area contributed by atoms with Gasteiger partial charge in [-0.2, -0.15) is 0 Å². The predicted molar refractivity (Wildman–Crippen MR) is 101 cm³/mol. The Hall–Kier alpha value is -2.27. The van der Waals surface area contributed by atoms with Crippen LogP contribution in [0.25, 0.3) is 0 Å². The van der Waals surface area contributed by atoms with E-state index in [1.165, 1.54) is 10.5 Å². The van der Waals surface area contributed by atoms with Crippen molar-refractivity contribution >= 4 is 23.6 Å². The molecule has 0 aliphatic rings. The largest absolute Gasteiger partial charge is 0.456 e. The first-order valence-electron chi connectivity index (χ1n) is 8.29. The molecule has 0 aliphatic carbocycles. The quantitative estimate of drug-likeness (QED) is 0.425. The lowest BCUT2D eigenvalue weighted by atomic mass is 10.1. The molecule has 0 unspecified atom stereocenters. The maximum absolute atomic E-state index is 11.7. The summed E-state index contributed by atoms with van der Waals surface area (Å²) in [4.78, 5) is 24.5. The number of esters is 1. The van der Waals surface area contributed by atoms with Crippen LogP contribution in [0.4, 0.5) is 0 Å². The molecule has 5 heteroatoms. The number of aryl methyl sites for hydroxylation is 2. The Kier molecular flexibility index (Phi) is 8.05. The Bertz CT molecular complexity index is 671. The molecule has 0 spiro atoms. The number of amides is 1. The Labute approximate surface area is 153 Å². The molecule has 0 bridgehead atoms. The van der Waals surface area contributed by atoms with Crippen LogP contribution >= 0.6 is 11.8 Å². The minimum atomic E-state index is -0.354. The van der Waals surface area contributed by atoms with E-state index in [-0.39, 0.29) is 24.9 Å². The van der Waals surface area contributed by atoms with E-state index in [1.54, 1.807) is 11.8 Å². The van der Waals surface area contributed by atoms with Crippen molar-refractivity contribution in [2.45, 2.75) is 24.7 Å². The first-order chi connectivity index (χ1) is 12.1. The third-order valence-corrected chi connectivity index (χ3v) is 4.55. The second kappa shape index (κ2) is 10.6. The summed E-state index contributed by atoms with van der Waals surface area (Å²) >= 11 is 1.68. The maximum atomic E-state index is 11.7. The summed E-state index contributed by atoms with van der Waals surface area (Å²) < 4.78 is 5.00. The molecule has 0 saturated heterocycles. The number of ether oxygens (including phenoxy) is 1. The first-order valence-corrected chi connectivity index (χ1v) is 9.28. The van der Waals surface area contributed by atoms with Crippen LogP contribution in [-0.2, 0) is 20.7 Å². The predicted octanol–water partition coefficient (Wildman–Crippen LogP) is 3.38. The van der Waals surface area contributed by atoms with Gasteiger partial charge in [0, 0.05) is 23.6 Å². The van der Waals surface area contributed by atoms with E-state index >= 15 is 0 Å². The molecule has 2 aromatic carbocycles. The van der Waals surface area contributed by atoms with Crippen molar-refractivity contribution in [3.8, 4) is 0 Å². The van der Waals surface area contributed by atoms with Crippen LogP contribution < -0.4 is 5.32 Å². The standard InChI is InChI=1S/C20H23NO3S/c1-16-7-10-18(11-8-16)25-14-13-21-19(22)15-24-20(23)12-9-17-5-3-2-4-6-17/h2-8,10-11H,9,12-15H2,1H3,(H,21,22). The van der Waals surface area contributed by atoms with Crippen LogP contribution in [0.15, 0.2) is 59.5 Å². The van der Waals surface area contributed by atoms with E-state index < -0.39 is 0 Å². The molecule has 4 nitrogen and oxygen atoms in total. The zero-order valence-electron chi connectivity index (χ0n) is 14.4. The number of carbonyl (C=O) groups is 2. The number of thioether (sulfide) groups is 1. The Balaban J connectivity index is 1.54. The average molecular weight is 357 g/mol. The van der Waals surface area contributed by atoms with Gasteiger partial charge in [-0.3, -0.25) is 9.59 Å². The van der Waals surface area contributed by atoms with Crippen LogP contribution in [-0.4, -0.2) is 30.8 Å². The molecule has 0 aromatic heterocycles. The van der Waals surface area contributed by atoms with Gasteiger partial charge in [-0.25, -0.2) is 0 Å². The fourth-order valence-electron chi connectivity index (χ4n) is 2.15. The SMILES string of the molecule is Cc1ccc(SCCNC(=O)COC(=O)CCc2ccccc2)cc1. The molecule has 25 heavy (non-hydrogen) atoms. The van der Waals surface area contributed by atoms with Gasteiger partial charge in [0.05, 0.1) is 0 Å². The molecule has 132 valence electrons. The highest BCUT2D eigenvalue weighted by atomic mass is 32.2. The smallest absolute Gasteiger partial charge is 0.306 e. The van der Waals surface area contributed by atoms with Crippen LogP contribution in [0.1, 0.15) is 17.5 Å². The third-order valence-electron chi connectivity index (χ3n) is 3.54. The summed E-state index contributed by atoms with van der Waals surface area (Å²) in [5, 5.41) is 2.76. The number of benzene rings is 2. The van der Waals surface area contributed by atoms with E-state index in [9.17, 15) is 9.59 Å². The number of hydrogen-bond donors (Lipinski definition) is 1. The highest BCUT2D eigenvalue weighted by molar-refractivity contribution is 7.99. The van der Waals surface area contributed by atoms with E-state index in [0.29, 0.717) is 13.0 Å². The molecular weight excluding hydrogens is 334 g/mol.